The third-order valence-corrected chi connectivity index (χ3v) is 5.40. The minimum Gasteiger partial charge on any atom is -0.376 e. The van der Waals surface area contributed by atoms with Crippen LogP contribution in [0.25, 0.3) is 11.4 Å². The van der Waals surface area contributed by atoms with Crippen LogP contribution >= 0.6 is 0 Å². The lowest BCUT2D eigenvalue weighted by Crippen LogP contribution is -2.12. The molecular formula is C25H29N3O3. The van der Waals surface area contributed by atoms with Crippen LogP contribution in [-0.4, -0.2) is 22.7 Å². The van der Waals surface area contributed by atoms with Gasteiger partial charge in [0.25, 0.3) is 0 Å². The molecule has 1 saturated carbocycles. The molecule has 1 aromatic heterocycles. The topological polar surface area (TPSA) is 77.2 Å². The normalized spacial score (nSPS) is 13.5. The predicted molar refractivity (Wildman–Crippen MR) is 120 cm³/mol. The standard InChI is InChI=1S/C25H29N3O3/c1-17(2)20-8-10-21(11-9-20)25-27-24(31-28-25)13-12-23(29)26-22-5-3-4-19(14-22)16-30-15-18-6-7-18/h3-5,8-11,14,17-18H,6-7,12-13,15-16H2,1-2H3,(H,26,29). The van der Waals surface area contributed by atoms with Gasteiger partial charge in [-0.25, -0.2) is 0 Å². The summed E-state index contributed by atoms with van der Waals surface area (Å²) >= 11 is 0. The van der Waals surface area contributed by atoms with Gasteiger partial charge in [0.1, 0.15) is 0 Å². The monoisotopic (exact) mass is 419 g/mol. The Morgan fingerprint density at radius 3 is 2.74 bits per heavy atom. The minimum absolute atomic E-state index is 0.0860. The maximum Gasteiger partial charge on any atom is 0.227 e. The van der Waals surface area contributed by atoms with Crippen molar-refractivity contribution in [1.82, 2.24) is 10.1 Å². The fourth-order valence-corrected chi connectivity index (χ4v) is 3.30. The molecule has 6 nitrogen and oxygen atoms in total. The molecule has 0 aliphatic heterocycles. The lowest BCUT2D eigenvalue weighted by molar-refractivity contribution is -0.116. The second-order valence-corrected chi connectivity index (χ2v) is 8.50. The molecule has 0 spiro atoms. The number of aryl methyl sites for hydroxylation is 1. The summed E-state index contributed by atoms with van der Waals surface area (Å²) in [5.41, 5.74) is 4.00. The average Bonchev–Trinajstić information content (AvgIpc) is 3.47. The van der Waals surface area contributed by atoms with E-state index in [1.807, 2.05) is 36.4 Å². The molecule has 0 atom stereocenters. The summed E-state index contributed by atoms with van der Waals surface area (Å²) < 4.78 is 11.1. The van der Waals surface area contributed by atoms with E-state index in [9.17, 15) is 4.79 Å². The number of carbonyl (C=O) groups excluding carboxylic acids is 1. The number of anilines is 1. The fraction of sp³-hybridized carbons (Fsp3) is 0.400. The number of ether oxygens (including phenoxy) is 1. The van der Waals surface area contributed by atoms with Gasteiger partial charge in [-0.2, -0.15) is 4.98 Å². The Labute approximate surface area is 183 Å². The van der Waals surface area contributed by atoms with Crippen LogP contribution in [0.1, 0.15) is 56.0 Å². The van der Waals surface area contributed by atoms with Crippen LogP contribution in [0.15, 0.2) is 53.1 Å². The van der Waals surface area contributed by atoms with Gasteiger partial charge in [0.15, 0.2) is 0 Å². The molecule has 1 heterocycles. The molecule has 0 unspecified atom stereocenters. The van der Waals surface area contributed by atoms with Gasteiger partial charge >= 0.3 is 0 Å². The van der Waals surface area contributed by atoms with Crippen LogP contribution in [-0.2, 0) is 22.6 Å². The zero-order chi connectivity index (χ0) is 21.6. The lowest BCUT2D eigenvalue weighted by Gasteiger charge is -2.08. The van der Waals surface area contributed by atoms with Gasteiger partial charge in [0, 0.05) is 30.7 Å². The van der Waals surface area contributed by atoms with E-state index < -0.39 is 0 Å². The first-order valence-corrected chi connectivity index (χ1v) is 11.0. The summed E-state index contributed by atoms with van der Waals surface area (Å²) in [5.74, 6) is 2.14. The van der Waals surface area contributed by atoms with Crippen molar-refractivity contribution in [1.29, 1.82) is 0 Å². The van der Waals surface area contributed by atoms with E-state index in [0.717, 1.165) is 29.3 Å². The summed E-state index contributed by atoms with van der Waals surface area (Å²) in [6, 6.07) is 15.9. The zero-order valence-corrected chi connectivity index (χ0v) is 18.1. The van der Waals surface area contributed by atoms with Crippen LogP contribution in [0.3, 0.4) is 0 Å². The molecule has 31 heavy (non-hydrogen) atoms. The summed E-state index contributed by atoms with van der Waals surface area (Å²) in [5, 5.41) is 6.98. The summed E-state index contributed by atoms with van der Waals surface area (Å²) in [6.45, 7) is 5.71. The fourth-order valence-electron chi connectivity index (χ4n) is 3.30. The van der Waals surface area contributed by atoms with Gasteiger partial charge < -0.3 is 14.6 Å². The molecular weight excluding hydrogens is 390 g/mol. The molecule has 2 aromatic carbocycles. The Hall–Kier alpha value is -2.99. The molecule has 1 amide bonds. The van der Waals surface area contributed by atoms with Gasteiger partial charge in [0.2, 0.25) is 17.6 Å². The second-order valence-electron chi connectivity index (χ2n) is 8.50. The third-order valence-electron chi connectivity index (χ3n) is 5.40. The number of aromatic nitrogens is 2. The largest absolute Gasteiger partial charge is 0.376 e. The minimum atomic E-state index is -0.0860. The highest BCUT2D eigenvalue weighted by atomic mass is 16.5. The Morgan fingerprint density at radius 2 is 2.00 bits per heavy atom. The van der Waals surface area contributed by atoms with Crippen molar-refractivity contribution < 1.29 is 14.1 Å². The van der Waals surface area contributed by atoms with Crippen molar-refractivity contribution in [2.24, 2.45) is 5.92 Å². The number of nitrogens with one attached hydrogen (secondary N) is 1. The third kappa shape index (κ3) is 6.25. The number of amides is 1. The molecule has 3 aromatic rings. The molecule has 0 radical (unpaired) electrons. The highest BCUT2D eigenvalue weighted by Gasteiger charge is 2.21. The molecule has 1 aliphatic rings. The Kier molecular flexibility index (Phi) is 6.77. The highest BCUT2D eigenvalue weighted by Crippen LogP contribution is 2.29. The molecule has 0 bridgehead atoms. The van der Waals surface area contributed by atoms with E-state index in [2.05, 4.69) is 41.4 Å². The smallest absolute Gasteiger partial charge is 0.227 e. The lowest BCUT2D eigenvalue weighted by atomic mass is 10.0. The number of rotatable bonds is 10. The van der Waals surface area contributed by atoms with Crippen LogP contribution < -0.4 is 5.32 Å². The SMILES string of the molecule is CC(C)c1ccc(-c2noc(CCC(=O)Nc3cccc(COCC4CC4)c3)n2)cc1. The first-order valence-electron chi connectivity index (χ1n) is 11.0. The van der Waals surface area contributed by atoms with E-state index >= 15 is 0 Å². The molecule has 6 heteroatoms. The second kappa shape index (κ2) is 9.88. The van der Waals surface area contributed by atoms with Crippen molar-refractivity contribution in [3.8, 4) is 11.4 Å². The molecule has 162 valence electrons. The van der Waals surface area contributed by atoms with Gasteiger partial charge in [-0.1, -0.05) is 55.4 Å². The number of hydrogen-bond donors (Lipinski definition) is 1. The molecule has 1 N–H and O–H groups in total. The van der Waals surface area contributed by atoms with Crippen molar-refractivity contribution in [3.63, 3.8) is 0 Å². The number of carbonyl (C=O) groups is 1. The van der Waals surface area contributed by atoms with Gasteiger partial charge in [-0.3, -0.25) is 4.79 Å². The molecule has 1 aliphatic carbocycles. The molecule has 0 saturated heterocycles. The van der Waals surface area contributed by atoms with E-state index in [4.69, 9.17) is 9.26 Å². The zero-order valence-electron chi connectivity index (χ0n) is 18.1. The highest BCUT2D eigenvalue weighted by molar-refractivity contribution is 5.90. The van der Waals surface area contributed by atoms with Crippen molar-refractivity contribution in [2.75, 3.05) is 11.9 Å². The Balaban J connectivity index is 1.26. The Bertz CT molecular complexity index is 1010. The number of hydrogen-bond acceptors (Lipinski definition) is 5. The van der Waals surface area contributed by atoms with E-state index in [1.165, 1.54) is 18.4 Å². The first kappa shape index (κ1) is 21.2. The summed E-state index contributed by atoms with van der Waals surface area (Å²) in [4.78, 5) is 16.8. The van der Waals surface area contributed by atoms with Gasteiger partial charge in [-0.15, -0.1) is 0 Å². The summed E-state index contributed by atoms with van der Waals surface area (Å²) in [7, 11) is 0. The van der Waals surface area contributed by atoms with Crippen LogP contribution in [0, 0.1) is 5.92 Å². The predicted octanol–water partition coefficient (Wildman–Crippen LogP) is 5.36. The van der Waals surface area contributed by atoms with Gasteiger partial charge in [0.05, 0.1) is 6.61 Å². The van der Waals surface area contributed by atoms with E-state index in [1.54, 1.807) is 0 Å². The van der Waals surface area contributed by atoms with Crippen LogP contribution in [0.4, 0.5) is 5.69 Å². The van der Waals surface area contributed by atoms with Crippen LogP contribution in [0.5, 0.6) is 0 Å². The molecule has 1 fully saturated rings. The first-order chi connectivity index (χ1) is 15.1. The molecule has 4 rings (SSSR count). The Morgan fingerprint density at radius 1 is 1.19 bits per heavy atom. The number of nitrogens with zero attached hydrogens (tertiary/aromatic N) is 2. The quantitative estimate of drug-likeness (QED) is 0.479. The van der Waals surface area contributed by atoms with Gasteiger partial charge in [-0.05, 0) is 47.9 Å². The van der Waals surface area contributed by atoms with Crippen molar-refractivity contribution in [2.45, 2.75) is 52.1 Å². The average molecular weight is 420 g/mol. The van der Waals surface area contributed by atoms with Crippen LogP contribution in [0.2, 0.25) is 0 Å². The number of benzene rings is 2. The van der Waals surface area contributed by atoms with E-state index in [-0.39, 0.29) is 12.3 Å². The van der Waals surface area contributed by atoms with Crippen molar-refractivity contribution in [3.05, 3.63) is 65.5 Å². The maximum absolute atomic E-state index is 12.4. The summed E-state index contributed by atoms with van der Waals surface area (Å²) in [6.07, 6.45) is 3.23. The maximum atomic E-state index is 12.4. The van der Waals surface area contributed by atoms with E-state index in [0.29, 0.717) is 30.7 Å². The van der Waals surface area contributed by atoms with Crippen molar-refractivity contribution >= 4 is 11.6 Å².